The summed E-state index contributed by atoms with van der Waals surface area (Å²) >= 11 is 0. The number of aliphatic imine (C=N–C) groups is 1. The molecule has 1 amide bonds. The van der Waals surface area contributed by atoms with Gasteiger partial charge in [0, 0.05) is 26.2 Å². The second-order valence-electron chi connectivity index (χ2n) is 7.06. The van der Waals surface area contributed by atoms with Crippen molar-refractivity contribution in [3.05, 3.63) is 0 Å². The largest absolute Gasteiger partial charge is 0.340 e. The number of hydrogen-bond donors (Lipinski definition) is 1. The van der Waals surface area contributed by atoms with E-state index in [9.17, 15) is 10.1 Å². The Balaban J connectivity index is 1.86. The van der Waals surface area contributed by atoms with Gasteiger partial charge >= 0.3 is 0 Å². The molecule has 2 aliphatic heterocycles. The van der Waals surface area contributed by atoms with Crippen molar-refractivity contribution in [2.75, 3.05) is 33.2 Å². The molecule has 120 valence electrons. The van der Waals surface area contributed by atoms with Crippen LogP contribution in [0.4, 0.5) is 0 Å². The van der Waals surface area contributed by atoms with Crippen molar-refractivity contribution in [2.24, 2.45) is 16.8 Å². The van der Waals surface area contributed by atoms with Crippen LogP contribution in [0.15, 0.2) is 4.99 Å². The van der Waals surface area contributed by atoms with E-state index in [2.05, 4.69) is 35.2 Å². The van der Waals surface area contributed by atoms with Gasteiger partial charge in [0.25, 0.3) is 0 Å². The summed E-state index contributed by atoms with van der Waals surface area (Å²) in [5.74, 6) is 0.550. The molecule has 1 spiro atoms. The van der Waals surface area contributed by atoms with E-state index in [-0.39, 0.29) is 5.91 Å². The fraction of sp³-hybridized carbons (Fsp3) is 0.812. The van der Waals surface area contributed by atoms with Crippen LogP contribution >= 0.6 is 0 Å². The highest BCUT2D eigenvalue weighted by Gasteiger charge is 2.49. The molecule has 1 N–H and O–H groups in total. The molecule has 3 aliphatic rings. The van der Waals surface area contributed by atoms with E-state index in [1.165, 1.54) is 0 Å². The van der Waals surface area contributed by atoms with Gasteiger partial charge in [-0.3, -0.25) is 10.1 Å². The van der Waals surface area contributed by atoms with Crippen molar-refractivity contribution in [2.45, 2.75) is 38.1 Å². The predicted molar refractivity (Wildman–Crippen MR) is 84.1 cm³/mol. The SMILES string of the molecule is CC1CCC2(CC1)N=C(N1CCN(C)CC1)NC(=O)[C@@H]2C#N. The molecule has 6 nitrogen and oxygen atoms in total. The van der Waals surface area contributed by atoms with Crippen LogP contribution in [0.2, 0.25) is 0 Å². The third-order valence-corrected chi connectivity index (χ3v) is 5.44. The zero-order chi connectivity index (χ0) is 15.7. The quantitative estimate of drug-likeness (QED) is 0.719. The molecule has 0 aromatic heterocycles. The Kier molecular flexibility index (Phi) is 4.09. The van der Waals surface area contributed by atoms with Gasteiger partial charge in [0.15, 0.2) is 5.92 Å². The third kappa shape index (κ3) is 2.70. The monoisotopic (exact) mass is 303 g/mol. The maximum atomic E-state index is 12.4. The summed E-state index contributed by atoms with van der Waals surface area (Å²) in [7, 11) is 2.11. The van der Waals surface area contributed by atoms with Crippen molar-refractivity contribution in [3.63, 3.8) is 0 Å². The van der Waals surface area contributed by atoms with Gasteiger partial charge in [-0.2, -0.15) is 5.26 Å². The summed E-state index contributed by atoms with van der Waals surface area (Å²) in [6.07, 6.45) is 3.78. The van der Waals surface area contributed by atoms with Crippen LogP contribution in [0.1, 0.15) is 32.6 Å². The highest BCUT2D eigenvalue weighted by Crippen LogP contribution is 2.41. The number of guanidine groups is 1. The zero-order valence-electron chi connectivity index (χ0n) is 13.5. The summed E-state index contributed by atoms with van der Waals surface area (Å²) in [5.41, 5.74) is -0.498. The molecular formula is C16H25N5O. The third-order valence-electron chi connectivity index (χ3n) is 5.44. The average molecular weight is 303 g/mol. The lowest BCUT2D eigenvalue weighted by Gasteiger charge is -2.44. The second kappa shape index (κ2) is 5.88. The maximum Gasteiger partial charge on any atom is 0.246 e. The van der Waals surface area contributed by atoms with E-state index >= 15 is 0 Å². The first-order valence-electron chi connectivity index (χ1n) is 8.28. The van der Waals surface area contributed by atoms with Crippen LogP contribution in [-0.4, -0.2) is 60.4 Å². The minimum absolute atomic E-state index is 0.166. The van der Waals surface area contributed by atoms with Crippen LogP contribution in [0, 0.1) is 23.2 Å². The number of rotatable bonds is 0. The van der Waals surface area contributed by atoms with E-state index in [0.717, 1.165) is 51.9 Å². The van der Waals surface area contributed by atoms with Crippen molar-refractivity contribution in [3.8, 4) is 6.07 Å². The van der Waals surface area contributed by atoms with Crippen LogP contribution < -0.4 is 5.32 Å². The Hall–Kier alpha value is -1.61. The number of amides is 1. The summed E-state index contributed by atoms with van der Waals surface area (Å²) in [6.45, 7) is 5.93. The summed E-state index contributed by atoms with van der Waals surface area (Å²) in [5, 5.41) is 12.4. The fourth-order valence-corrected chi connectivity index (χ4v) is 3.74. The molecule has 2 fully saturated rings. The van der Waals surface area contributed by atoms with Gasteiger partial charge in [-0.05, 0) is 38.6 Å². The lowest BCUT2D eigenvalue weighted by atomic mass is 9.70. The van der Waals surface area contributed by atoms with E-state index in [0.29, 0.717) is 11.9 Å². The number of carbonyl (C=O) groups excluding carboxylic acids is 1. The topological polar surface area (TPSA) is 71.7 Å². The number of hydrogen-bond acceptors (Lipinski definition) is 5. The normalized spacial score (nSPS) is 36.7. The predicted octanol–water partition coefficient (Wildman–Crippen LogP) is 0.808. The Morgan fingerprint density at radius 3 is 2.50 bits per heavy atom. The summed E-state index contributed by atoms with van der Waals surface area (Å²) in [4.78, 5) is 21.8. The molecule has 0 aromatic carbocycles. The standard InChI is InChI=1S/C16H25N5O/c1-12-3-5-16(6-4-12)13(11-17)14(22)18-15(19-16)21-9-7-20(2)8-10-21/h12-13H,3-10H2,1-2H3,(H,18,19,22)/t12?,13-,16?/m0/s1. The lowest BCUT2D eigenvalue weighted by molar-refractivity contribution is -0.125. The Morgan fingerprint density at radius 2 is 1.91 bits per heavy atom. The molecule has 1 saturated carbocycles. The second-order valence-corrected chi connectivity index (χ2v) is 7.06. The number of likely N-dealkylation sites (N-methyl/N-ethyl adjacent to an activating group) is 1. The van der Waals surface area contributed by atoms with E-state index in [1.54, 1.807) is 0 Å². The van der Waals surface area contributed by atoms with E-state index in [1.807, 2.05) is 0 Å². The van der Waals surface area contributed by atoms with Crippen LogP contribution in [-0.2, 0) is 4.79 Å². The fourth-order valence-electron chi connectivity index (χ4n) is 3.74. The number of carbonyl (C=O) groups is 1. The summed E-state index contributed by atoms with van der Waals surface area (Å²) < 4.78 is 0. The molecule has 3 rings (SSSR count). The lowest BCUT2D eigenvalue weighted by Crippen LogP contribution is -2.60. The molecule has 0 radical (unpaired) electrons. The molecular weight excluding hydrogens is 278 g/mol. The highest BCUT2D eigenvalue weighted by atomic mass is 16.2. The van der Waals surface area contributed by atoms with Gasteiger partial charge in [-0.15, -0.1) is 0 Å². The molecule has 22 heavy (non-hydrogen) atoms. The number of nitrogens with zero attached hydrogens (tertiary/aromatic N) is 4. The first-order chi connectivity index (χ1) is 10.5. The minimum Gasteiger partial charge on any atom is -0.340 e. The first kappa shape index (κ1) is 15.3. The molecule has 2 heterocycles. The number of nitrogens with one attached hydrogen (secondary N) is 1. The molecule has 1 saturated heterocycles. The summed E-state index contributed by atoms with van der Waals surface area (Å²) in [6, 6.07) is 2.21. The number of nitriles is 1. The molecule has 0 bridgehead atoms. The van der Waals surface area contributed by atoms with Gasteiger partial charge < -0.3 is 9.80 Å². The van der Waals surface area contributed by atoms with Crippen molar-refractivity contribution in [1.82, 2.24) is 15.1 Å². The first-order valence-corrected chi connectivity index (χ1v) is 8.28. The van der Waals surface area contributed by atoms with Crippen molar-refractivity contribution in [1.29, 1.82) is 5.26 Å². The van der Waals surface area contributed by atoms with Crippen molar-refractivity contribution >= 4 is 11.9 Å². The van der Waals surface area contributed by atoms with Crippen molar-refractivity contribution < 1.29 is 4.79 Å². The van der Waals surface area contributed by atoms with Gasteiger partial charge in [0.2, 0.25) is 11.9 Å². The zero-order valence-corrected chi connectivity index (χ0v) is 13.5. The van der Waals surface area contributed by atoms with Crippen LogP contribution in [0.25, 0.3) is 0 Å². The van der Waals surface area contributed by atoms with Gasteiger partial charge in [0.05, 0.1) is 11.6 Å². The molecule has 6 heteroatoms. The maximum absolute atomic E-state index is 12.4. The molecule has 0 aromatic rings. The highest BCUT2D eigenvalue weighted by molar-refractivity contribution is 6.02. The van der Waals surface area contributed by atoms with Gasteiger partial charge in [-0.25, -0.2) is 4.99 Å². The smallest absolute Gasteiger partial charge is 0.246 e. The van der Waals surface area contributed by atoms with Crippen LogP contribution in [0.3, 0.4) is 0 Å². The van der Waals surface area contributed by atoms with Gasteiger partial charge in [-0.1, -0.05) is 6.92 Å². The number of piperazine rings is 1. The van der Waals surface area contributed by atoms with Gasteiger partial charge in [0.1, 0.15) is 0 Å². The van der Waals surface area contributed by atoms with E-state index < -0.39 is 11.5 Å². The average Bonchev–Trinajstić information content (AvgIpc) is 2.51. The van der Waals surface area contributed by atoms with E-state index in [4.69, 9.17) is 4.99 Å². The minimum atomic E-state index is -0.642. The Morgan fingerprint density at radius 1 is 1.27 bits per heavy atom. The van der Waals surface area contributed by atoms with Crippen LogP contribution in [0.5, 0.6) is 0 Å². The molecule has 0 unspecified atom stereocenters. The Labute approximate surface area is 132 Å². The molecule has 1 aliphatic carbocycles. The Bertz CT molecular complexity index is 507. The molecule has 1 atom stereocenters.